The quantitative estimate of drug-likeness (QED) is 0.598. The van der Waals surface area contributed by atoms with Gasteiger partial charge in [0.25, 0.3) is 0 Å². The van der Waals surface area contributed by atoms with Gasteiger partial charge in [0, 0.05) is 6.54 Å². The van der Waals surface area contributed by atoms with Gasteiger partial charge in [-0.15, -0.1) is 0 Å². The molecule has 0 aromatic heterocycles. The highest BCUT2D eigenvalue weighted by molar-refractivity contribution is 5.83. The molecular weight excluding hydrogens is 193 g/mol. The van der Waals surface area contributed by atoms with Crippen molar-refractivity contribution >= 4 is 11.9 Å². The lowest BCUT2D eigenvalue weighted by Gasteiger charge is -2.29. The summed E-state index contributed by atoms with van der Waals surface area (Å²) in [6, 6.07) is -1.05. The number of carbonyl (C=O) groups is 2. The molecule has 0 aliphatic carbocycles. The number of piperidine rings is 1. The topological polar surface area (TPSA) is 75.6 Å². The number of halogens is 1. The van der Waals surface area contributed by atoms with Crippen LogP contribution in [0, 0.1) is 5.92 Å². The summed E-state index contributed by atoms with van der Waals surface area (Å²) in [6.45, 7) is -0.0372. The first-order valence-electron chi connectivity index (χ1n) is 4.24. The molecule has 0 aromatic carbocycles. The Balaban J connectivity index is 2.73. The number of methoxy groups -OCH3 is 1. The van der Waals surface area contributed by atoms with E-state index in [0.29, 0.717) is 0 Å². The molecule has 2 N–H and O–H groups in total. The van der Waals surface area contributed by atoms with Gasteiger partial charge >= 0.3 is 11.9 Å². The van der Waals surface area contributed by atoms with Crippen LogP contribution in [0.5, 0.6) is 0 Å². The van der Waals surface area contributed by atoms with Gasteiger partial charge in [-0.05, 0) is 6.42 Å². The Labute approximate surface area is 80.2 Å². The van der Waals surface area contributed by atoms with Gasteiger partial charge in [0.05, 0.1) is 13.0 Å². The molecule has 0 saturated carbocycles. The van der Waals surface area contributed by atoms with Crippen molar-refractivity contribution in [2.75, 3.05) is 13.7 Å². The Kier molecular flexibility index (Phi) is 3.40. The molecule has 80 valence electrons. The number of hydrogen-bond donors (Lipinski definition) is 2. The molecule has 1 fully saturated rings. The first kappa shape index (κ1) is 10.9. The first-order chi connectivity index (χ1) is 6.56. The van der Waals surface area contributed by atoms with Gasteiger partial charge in [-0.2, -0.15) is 0 Å². The number of aliphatic carboxylic acids is 1. The van der Waals surface area contributed by atoms with Crippen LogP contribution in [-0.4, -0.2) is 42.9 Å². The minimum atomic E-state index is -1.20. The van der Waals surface area contributed by atoms with Crippen molar-refractivity contribution in [2.24, 2.45) is 5.92 Å². The molecule has 0 amide bonds. The number of alkyl halides is 1. The first-order valence-corrected chi connectivity index (χ1v) is 4.24. The fourth-order valence-corrected chi connectivity index (χ4v) is 1.54. The molecule has 5 nitrogen and oxygen atoms in total. The van der Waals surface area contributed by atoms with Gasteiger partial charge in [0.2, 0.25) is 0 Å². The summed E-state index contributed by atoms with van der Waals surface area (Å²) < 4.78 is 17.3. The highest BCUT2D eigenvalue weighted by Gasteiger charge is 2.39. The second-order valence-electron chi connectivity index (χ2n) is 3.19. The van der Waals surface area contributed by atoms with Crippen molar-refractivity contribution in [3.63, 3.8) is 0 Å². The summed E-state index contributed by atoms with van der Waals surface area (Å²) in [4.78, 5) is 21.8. The number of carbonyl (C=O) groups excluding carboxylic acids is 1. The summed E-state index contributed by atoms with van der Waals surface area (Å²) in [7, 11) is 1.16. The molecule has 1 aliphatic rings. The molecule has 1 heterocycles. The molecule has 6 heteroatoms. The Bertz CT molecular complexity index is 245. The van der Waals surface area contributed by atoms with Gasteiger partial charge in [0.15, 0.2) is 0 Å². The zero-order valence-corrected chi connectivity index (χ0v) is 7.70. The largest absolute Gasteiger partial charge is 0.480 e. The molecule has 1 aliphatic heterocycles. The molecule has 0 bridgehead atoms. The maximum atomic E-state index is 12.9. The normalized spacial score (nSPS) is 32.3. The molecule has 14 heavy (non-hydrogen) atoms. The van der Waals surface area contributed by atoms with Gasteiger partial charge in [0.1, 0.15) is 12.2 Å². The van der Waals surface area contributed by atoms with Crippen molar-refractivity contribution in [3.8, 4) is 0 Å². The lowest BCUT2D eigenvalue weighted by Crippen LogP contribution is -2.53. The van der Waals surface area contributed by atoms with E-state index in [9.17, 15) is 14.0 Å². The second kappa shape index (κ2) is 4.36. The number of carboxylic acids is 1. The third-order valence-electron chi connectivity index (χ3n) is 2.24. The van der Waals surface area contributed by atoms with Crippen molar-refractivity contribution in [3.05, 3.63) is 0 Å². The molecule has 0 spiro atoms. The zero-order chi connectivity index (χ0) is 10.7. The third kappa shape index (κ3) is 2.20. The van der Waals surface area contributed by atoms with E-state index in [2.05, 4.69) is 10.1 Å². The van der Waals surface area contributed by atoms with E-state index in [-0.39, 0.29) is 13.0 Å². The van der Waals surface area contributed by atoms with E-state index in [0.717, 1.165) is 7.11 Å². The molecule has 1 rings (SSSR count). The van der Waals surface area contributed by atoms with Crippen LogP contribution < -0.4 is 5.32 Å². The summed E-state index contributed by atoms with van der Waals surface area (Å²) in [5.41, 5.74) is 0. The minimum Gasteiger partial charge on any atom is -0.480 e. The van der Waals surface area contributed by atoms with Crippen LogP contribution in [0.2, 0.25) is 0 Å². The number of carboxylic acid groups (broad SMARTS) is 1. The van der Waals surface area contributed by atoms with Gasteiger partial charge < -0.3 is 15.2 Å². The van der Waals surface area contributed by atoms with E-state index >= 15 is 0 Å². The smallest absolute Gasteiger partial charge is 0.321 e. The van der Waals surface area contributed by atoms with Crippen LogP contribution in [-0.2, 0) is 14.3 Å². The minimum absolute atomic E-state index is 0.0372. The summed E-state index contributed by atoms with van der Waals surface area (Å²) in [5, 5.41) is 11.2. The van der Waals surface area contributed by atoms with E-state index in [1.165, 1.54) is 0 Å². The average molecular weight is 205 g/mol. The van der Waals surface area contributed by atoms with Crippen LogP contribution in [0.4, 0.5) is 4.39 Å². The Morgan fingerprint density at radius 3 is 2.71 bits per heavy atom. The summed E-state index contributed by atoms with van der Waals surface area (Å²) in [5.74, 6) is -2.79. The fraction of sp³-hybridized carbons (Fsp3) is 0.750. The maximum absolute atomic E-state index is 12.9. The monoisotopic (exact) mass is 205 g/mol. The van der Waals surface area contributed by atoms with Crippen molar-refractivity contribution in [1.82, 2.24) is 5.32 Å². The average Bonchev–Trinajstić information content (AvgIpc) is 2.16. The lowest BCUT2D eigenvalue weighted by molar-refractivity contribution is -0.155. The molecule has 0 radical (unpaired) electrons. The number of esters is 1. The molecule has 3 atom stereocenters. The summed E-state index contributed by atoms with van der Waals surface area (Å²) in [6.07, 6.45) is -1.30. The molecular formula is C8H12FNO4. The third-order valence-corrected chi connectivity index (χ3v) is 2.24. The van der Waals surface area contributed by atoms with Crippen LogP contribution in [0.1, 0.15) is 6.42 Å². The predicted octanol–water partition coefficient (Wildman–Crippen LogP) is -0.440. The lowest BCUT2D eigenvalue weighted by atomic mass is 9.90. The maximum Gasteiger partial charge on any atom is 0.321 e. The van der Waals surface area contributed by atoms with E-state index in [1.807, 2.05) is 0 Å². The predicted molar refractivity (Wildman–Crippen MR) is 44.4 cm³/mol. The number of hydrogen-bond acceptors (Lipinski definition) is 4. The Morgan fingerprint density at radius 2 is 2.21 bits per heavy atom. The van der Waals surface area contributed by atoms with Crippen LogP contribution >= 0.6 is 0 Å². The highest BCUT2D eigenvalue weighted by Crippen LogP contribution is 2.20. The number of ether oxygens (including phenoxy) is 1. The van der Waals surface area contributed by atoms with E-state index < -0.39 is 30.1 Å². The van der Waals surface area contributed by atoms with Crippen molar-refractivity contribution < 1.29 is 23.8 Å². The zero-order valence-electron chi connectivity index (χ0n) is 7.70. The number of nitrogens with one attached hydrogen (secondary N) is 1. The van der Waals surface area contributed by atoms with Crippen LogP contribution in [0.15, 0.2) is 0 Å². The van der Waals surface area contributed by atoms with Crippen LogP contribution in [0.3, 0.4) is 0 Å². The Morgan fingerprint density at radius 1 is 1.57 bits per heavy atom. The van der Waals surface area contributed by atoms with Crippen LogP contribution in [0.25, 0.3) is 0 Å². The Hall–Kier alpha value is -1.17. The molecule has 0 aromatic rings. The summed E-state index contributed by atoms with van der Waals surface area (Å²) >= 11 is 0. The van der Waals surface area contributed by atoms with E-state index in [4.69, 9.17) is 5.11 Å². The van der Waals surface area contributed by atoms with Gasteiger partial charge in [-0.1, -0.05) is 0 Å². The number of rotatable bonds is 2. The SMILES string of the molecule is COC(=O)[C@H]1C[C@@H](F)CN[C@@H]1C(=O)O. The van der Waals surface area contributed by atoms with Gasteiger partial charge in [-0.25, -0.2) is 4.39 Å². The highest BCUT2D eigenvalue weighted by atomic mass is 19.1. The second-order valence-corrected chi connectivity index (χ2v) is 3.19. The fourth-order valence-electron chi connectivity index (χ4n) is 1.54. The standard InChI is InChI=1S/C8H12FNO4/c1-14-8(13)5-2-4(9)3-10-6(5)7(11)12/h4-6,10H,2-3H2,1H3,(H,11,12)/t4-,5+,6+/m1/s1. The van der Waals surface area contributed by atoms with Crippen molar-refractivity contribution in [2.45, 2.75) is 18.6 Å². The van der Waals surface area contributed by atoms with Gasteiger partial charge in [-0.3, -0.25) is 9.59 Å². The van der Waals surface area contributed by atoms with E-state index in [1.54, 1.807) is 0 Å². The molecule has 1 saturated heterocycles. The van der Waals surface area contributed by atoms with Crippen molar-refractivity contribution in [1.29, 1.82) is 0 Å². The molecule has 0 unspecified atom stereocenters.